The zero-order chi connectivity index (χ0) is 17.1. The quantitative estimate of drug-likeness (QED) is 0.674. The topological polar surface area (TPSA) is 75.6 Å². The molecule has 126 valence electrons. The van der Waals surface area contributed by atoms with Crippen molar-refractivity contribution < 1.29 is 4.79 Å². The highest BCUT2D eigenvalue weighted by Crippen LogP contribution is 2.17. The molecule has 2 aromatic heterocycles. The van der Waals surface area contributed by atoms with Crippen LogP contribution >= 0.6 is 11.6 Å². The number of imidazole rings is 1. The fourth-order valence-electron chi connectivity index (χ4n) is 2.67. The highest BCUT2D eigenvalue weighted by atomic mass is 35.5. The molecule has 0 saturated heterocycles. The third-order valence-corrected chi connectivity index (χ3v) is 4.04. The van der Waals surface area contributed by atoms with Crippen LogP contribution in [0.25, 0.3) is 11.0 Å². The summed E-state index contributed by atoms with van der Waals surface area (Å²) in [6.45, 7) is 5.12. The highest BCUT2D eigenvalue weighted by Gasteiger charge is 2.12. The van der Waals surface area contributed by atoms with Crippen LogP contribution in [0, 0.1) is 6.92 Å². The number of rotatable bonds is 6. The summed E-state index contributed by atoms with van der Waals surface area (Å²) in [5.41, 5.74) is 3.29. The Morgan fingerprint density at radius 1 is 1.38 bits per heavy atom. The maximum atomic E-state index is 12.2. The minimum atomic E-state index is -0.0890. The predicted octanol–water partition coefficient (Wildman–Crippen LogP) is 3.10. The number of nitrogens with zero attached hydrogens (tertiary/aromatic N) is 3. The Labute approximate surface area is 145 Å². The number of nitrogens with one attached hydrogen (secondary N) is 2. The van der Waals surface area contributed by atoms with E-state index in [1.54, 1.807) is 4.68 Å². The summed E-state index contributed by atoms with van der Waals surface area (Å²) in [6.07, 6.45) is 1.57. The minimum Gasteiger partial charge on any atom is -0.351 e. The van der Waals surface area contributed by atoms with Crippen molar-refractivity contribution >= 4 is 28.5 Å². The number of aromatic nitrogens is 4. The molecular weight excluding hydrogens is 326 g/mol. The van der Waals surface area contributed by atoms with Gasteiger partial charge in [0.2, 0.25) is 0 Å². The summed E-state index contributed by atoms with van der Waals surface area (Å²) < 4.78 is 1.72. The molecule has 0 atom stereocenters. The van der Waals surface area contributed by atoms with Gasteiger partial charge < -0.3 is 10.3 Å². The van der Waals surface area contributed by atoms with Crippen LogP contribution < -0.4 is 5.32 Å². The minimum absolute atomic E-state index is 0.0890. The molecule has 0 bridgehead atoms. The molecule has 0 aliphatic rings. The Balaban J connectivity index is 1.53. The van der Waals surface area contributed by atoms with Crippen LogP contribution in [-0.4, -0.2) is 32.2 Å². The van der Waals surface area contributed by atoms with Gasteiger partial charge in [0.05, 0.1) is 16.7 Å². The van der Waals surface area contributed by atoms with E-state index < -0.39 is 0 Å². The molecule has 0 spiro atoms. The second-order valence-electron chi connectivity index (χ2n) is 5.69. The first kappa shape index (κ1) is 16.5. The number of carbonyl (C=O) groups is 1. The Hall–Kier alpha value is -2.34. The number of carbonyl (C=O) groups excluding carboxylic acids is 1. The van der Waals surface area contributed by atoms with Crippen molar-refractivity contribution in [2.45, 2.75) is 33.2 Å². The number of hydrogen-bond donors (Lipinski definition) is 2. The molecule has 3 rings (SSSR count). The molecule has 0 fully saturated rings. The number of aryl methyl sites for hydroxylation is 3. The van der Waals surface area contributed by atoms with Crippen molar-refractivity contribution in [3.05, 3.63) is 46.5 Å². The van der Waals surface area contributed by atoms with E-state index in [0.29, 0.717) is 23.8 Å². The van der Waals surface area contributed by atoms with Crippen molar-refractivity contribution in [1.29, 1.82) is 0 Å². The summed E-state index contributed by atoms with van der Waals surface area (Å²) in [7, 11) is 0. The maximum Gasteiger partial charge on any atom is 0.269 e. The van der Waals surface area contributed by atoms with Crippen molar-refractivity contribution in [3.8, 4) is 0 Å². The smallest absolute Gasteiger partial charge is 0.269 e. The molecule has 2 heterocycles. The SMILES string of the molecule is CCn1nc(C)cc1C(=O)NCCCc1nc2ccc(Cl)cc2[nH]1. The van der Waals surface area contributed by atoms with Gasteiger partial charge in [-0.15, -0.1) is 0 Å². The van der Waals surface area contributed by atoms with Crippen molar-refractivity contribution in [3.63, 3.8) is 0 Å². The highest BCUT2D eigenvalue weighted by molar-refractivity contribution is 6.31. The van der Waals surface area contributed by atoms with Crippen LogP contribution in [0.15, 0.2) is 24.3 Å². The van der Waals surface area contributed by atoms with E-state index in [-0.39, 0.29) is 5.91 Å². The van der Waals surface area contributed by atoms with Gasteiger partial charge in [-0.2, -0.15) is 5.10 Å². The molecule has 6 nitrogen and oxygen atoms in total. The summed E-state index contributed by atoms with van der Waals surface area (Å²) in [4.78, 5) is 20.0. The first-order valence-electron chi connectivity index (χ1n) is 8.03. The number of hydrogen-bond acceptors (Lipinski definition) is 3. The summed E-state index contributed by atoms with van der Waals surface area (Å²) in [5.74, 6) is 0.810. The van der Waals surface area contributed by atoms with E-state index in [1.807, 2.05) is 38.1 Å². The van der Waals surface area contributed by atoms with Crippen LogP contribution in [-0.2, 0) is 13.0 Å². The van der Waals surface area contributed by atoms with Crippen LogP contribution in [0.5, 0.6) is 0 Å². The lowest BCUT2D eigenvalue weighted by Crippen LogP contribution is -2.27. The monoisotopic (exact) mass is 345 g/mol. The van der Waals surface area contributed by atoms with E-state index in [4.69, 9.17) is 11.6 Å². The Bertz CT molecular complexity index is 867. The van der Waals surface area contributed by atoms with Crippen molar-refractivity contribution in [2.24, 2.45) is 0 Å². The number of halogens is 1. The summed E-state index contributed by atoms with van der Waals surface area (Å²) >= 11 is 5.97. The van der Waals surface area contributed by atoms with Crippen molar-refractivity contribution in [1.82, 2.24) is 25.1 Å². The summed E-state index contributed by atoms with van der Waals surface area (Å²) in [5, 5.41) is 7.91. The van der Waals surface area contributed by atoms with Gasteiger partial charge in [-0.3, -0.25) is 9.48 Å². The van der Waals surface area contributed by atoms with Gasteiger partial charge in [0, 0.05) is 24.5 Å². The van der Waals surface area contributed by atoms with Gasteiger partial charge in [-0.25, -0.2) is 4.98 Å². The van der Waals surface area contributed by atoms with Crippen molar-refractivity contribution in [2.75, 3.05) is 6.54 Å². The largest absolute Gasteiger partial charge is 0.351 e. The molecule has 0 radical (unpaired) electrons. The number of aromatic amines is 1. The first-order chi connectivity index (χ1) is 11.6. The maximum absolute atomic E-state index is 12.2. The van der Waals surface area contributed by atoms with Crippen LogP contribution in [0.1, 0.15) is 35.4 Å². The fourth-order valence-corrected chi connectivity index (χ4v) is 2.84. The lowest BCUT2D eigenvalue weighted by atomic mass is 10.3. The molecule has 24 heavy (non-hydrogen) atoms. The zero-order valence-electron chi connectivity index (χ0n) is 13.8. The van der Waals surface area contributed by atoms with E-state index in [1.165, 1.54) is 0 Å². The Morgan fingerprint density at radius 2 is 2.21 bits per heavy atom. The summed E-state index contributed by atoms with van der Waals surface area (Å²) in [6, 6.07) is 7.40. The van der Waals surface area contributed by atoms with Gasteiger partial charge >= 0.3 is 0 Å². The molecule has 0 aliphatic heterocycles. The molecule has 0 aliphatic carbocycles. The molecule has 1 aromatic carbocycles. The Kier molecular flexibility index (Phi) is 4.85. The third-order valence-electron chi connectivity index (χ3n) is 3.80. The van der Waals surface area contributed by atoms with E-state index in [0.717, 1.165) is 35.4 Å². The number of fused-ring (bicyclic) bond motifs is 1. The number of benzene rings is 1. The van der Waals surface area contributed by atoms with Gasteiger partial charge in [0.15, 0.2) is 0 Å². The normalized spacial score (nSPS) is 11.1. The zero-order valence-corrected chi connectivity index (χ0v) is 14.5. The van der Waals surface area contributed by atoms with Gasteiger partial charge in [0.25, 0.3) is 5.91 Å². The number of amides is 1. The second-order valence-corrected chi connectivity index (χ2v) is 6.13. The molecule has 2 N–H and O–H groups in total. The number of H-pyrrole nitrogens is 1. The average Bonchev–Trinajstić information content (AvgIpc) is 3.13. The van der Waals surface area contributed by atoms with E-state index in [9.17, 15) is 4.79 Å². The fraction of sp³-hybridized carbons (Fsp3) is 0.353. The molecule has 3 aromatic rings. The lowest BCUT2D eigenvalue weighted by molar-refractivity contribution is 0.0942. The standard InChI is InChI=1S/C17H20ClN5O/c1-3-23-15(9-11(2)22-23)17(24)19-8-4-5-16-20-13-7-6-12(18)10-14(13)21-16/h6-7,9-10H,3-5,8H2,1-2H3,(H,19,24)(H,20,21). The molecular formula is C17H20ClN5O. The van der Waals surface area contributed by atoms with Crippen LogP contribution in [0.2, 0.25) is 5.02 Å². The molecule has 0 saturated carbocycles. The molecule has 1 amide bonds. The van der Waals surface area contributed by atoms with Gasteiger partial charge in [-0.05, 0) is 44.5 Å². The molecule has 0 unspecified atom stereocenters. The van der Waals surface area contributed by atoms with Crippen LogP contribution in [0.3, 0.4) is 0 Å². The predicted molar refractivity (Wildman–Crippen MR) is 94.4 cm³/mol. The molecule has 7 heteroatoms. The van der Waals surface area contributed by atoms with E-state index >= 15 is 0 Å². The van der Waals surface area contributed by atoms with Gasteiger partial charge in [-0.1, -0.05) is 11.6 Å². The van der Waals surface area contributed by atoms with E-state index in [2.05, 4.69) is 20.4 Å². The first-order valence-corrected chi connectivity index (χ1v) is 8.41. The Morgan fingerprint density at radius 3 is 3.00 bits per heavy atom. The lowest BCUT2D eigenvalue weighted by Gasteiger charge is -2.06. The second kappa shape index (κ2) is 7.05. The third kappa shape index (κ3) is 3.59. The van der Waals surface area contributed by atoms with Gasteiger partial charge in [0.1, 0.15) is 11.5 Å². The van der Waals surface area contributed by atoms with Crippen LogP contribution in [0.4, 0.5) is 0 Å². The average molecular weight is 346 g/mol.